The molecule has 0 amide bonds. The SMILES string of the molecule is COc1ccc([N+](=O)[O-])cc1Oc1ccnc(N)c1. The monoisotopic (exact) mass is 261 g/mol. The number of hydrogen-bond acceptors (Lipinski definition) is 6. The molecular formula is C12H11N3O4. The van der Waals surface area contributed by atoms with Crippen molar-refractivity contribution >= 4 is 11.5 Å². The Labute approximate surface area is 108 Å². The largest absolute Gasteiger partial charge is 0.493 e. The molecule has 0 bridgehead atoms. The molecule has 0 spiro atoms. The maximum atomic E-state index is 10.7. The Balaban J connectivity index is 2.37. The van der Waals surface area contributed by atoms with Crippen LogP contribution in [0.25, 0.3) is 0 Å². The number of methoxy groups -OCH3 is 1. The Kier molecular flexibility index (Phi) is 3.46. The topological polar surface area (TPSA) is 101 Å². The fourth-order valence-electron chi connectivity index (χ4n) is 1.48. The van der Waals surface area contributed by atoms with Crippen LogP contribution in [0.3, 0.4) is 0 Å². The first-order chi connectivity index (χ1) is 9.10. The van der Waals surface area contributed by atoms with Gasteiger partial charge in [0.25, 0.3) is 5.69 Å². The van der Waals surface area contributed by atoms with Gasteiger partial charge >= 0.3 is 0 Å². The third kappa shape index (κ3) is 2.89. The average molecular weight is 261 g/mol. The van der Waals surface area contributed by atoms with E-state index in [1.165, 1.54) is 37.6 Å². The molecule has 0 radical (unpaired) electrons. The Morgan fingerprint density at radius 1 is 1.26 bits per heavy atom. The van der Waals surface area contributed by atoms with Gasteiger partial charge in [0.1, 0.15) is 11.6 Å². The van der Waals surface area contributed by atoms with Crippen molar-refractivity contribution in [1.29, 1.82) is 0 Å². The van der Waals surface area contributed by atoms with Gasteiger partial charge in [0.15, 0.2) is 11.5 Å². The zero-order valence-electron chi connectivity index (χ0n) is 10.1. The lowest BCUT2D eigenvalue weighted by atomic mass is 10.3. The Morgan fingerprint density at radius 3 is 2.68 bits per heavy atom. The van der Waals surface area contributed by atoms with E-state index >= 15 is 0 Å². The van der Waals surface area contributed by atoms with Crippen molar-refractivity contribution < 1.29 is 14.4 Å². The van der Waals surface area contributed by atoms with Crippen LogP contribution in [0.5, 0.6) is 17.2 Å². The van der Waals surface area contributed by atoms with Crippen LogP contribution in [-0.2, 0) is 0 Å². The van der Waals surface area contributed by atoms with Gasteiger partial charge in [-0.3, -0.25) is 10.1 Å². The fourth-order valence-corrected chi connectivity index (χ4v) is 1.48. The fraction of sp³-hybridized carbons (Fsp3) is 0.0833. The van der Waals surface area contributed by atoms with Gasteiger partial charge < -0.3 is 15.2 Å². The number of pyridine rings is 1. The minimum absolute atomic E-state index is 0.0853. The smallest absolute Gasteiger partial charge is 0.273 e. The number of benzene rings is 1. The Hall–Kier alpha value is -2.83. The van der Waals surface area contributed by atoms with E-state index in [1.807, 2.05) is 0 Å². The molecule has 0 aliphatic rings. The first kappa shape index (κ1) is 12.6. The number of nitrogens with two attached hydrogens (primary N) is 1. The molecule has 2 aromatic rings. The summed E-state index contributed by atoms with van der Waals surface area (Å²) >= 11 is 0. The van der Waals surface area contributed by atoms with Crippen molar-refractivity contribution in [3.05, 3.63) is 46.6 Å². The minimum atomic E-state index is -0.507. The highest BCUT2D eigenvalue weighted by atomic mass is 16.6. The molecule has 19 heavy (non-hydrogen) atoms. The number of hydrogen-bond donors (Lipinski definition) is 1. The zero-order valence-corrected chi connectivity index (χ0v) is 10.1. The van der Waals surface area contributed by atoms with Crippen molar-refractivity contribution in [1.82, 2.24) is 4.98 Å². The van der Waals surface area contributed by atoms with Crippen molar-refractivity contribution in [2.24, 2.45) is 0 Å². The lowest BCUT2D eigenvalue weighted by Crippen LogP contribution is -1.95. The molecule has 98 valence electrons. The third-order valence-corrected chi connectivity index (χ3v) is 2.34. The van der Waals surface area contributed by atoms with Gasteiger partial charge in [-0.05, 0) is 12.1 Å². The summed E-state index contributed by atoms with van der Waals surface area (Å²) < 4.78 is 10.6. The van der Waals surface area contributed by atoms with Crippen LogP contribution in [0.15, 0.2) is 36.5 Å². The van der Waals surface area contributed by atoms with Gasteiger partial charge in [-0.25, -0.2) is 4.98 Å². The van der Waals surface area contributed by atoms with Crippen LogP contribution in [-0.4, -0.2) is 17.0 Å². The van der Waals surface area contributed by atoms with Gasteiger partial charge in [-0.2, -0.15) is 0 Å². The third-order valence-electron chi connectivity index (χ3n) is 2.34. The van der Waals surface area contributed by atoms with E-state index in [4.69, 9.17) is 15.2 Å². The van der Waals surface area contributed by atoms with Crippen LogP contribution in [0.2, 0.25) is 0 Å². The molecule has 0 fully saturated rings. The minimum Gasteiger partial charge on any atom is -0.493 e. The lowest BCUT2D eigenvalue weighted by Gasteiger charge is -2.10. The molecule has 0 aliphatic carbocycles. The Morgan fingerprint density at radius 2 is 2.05 bits per heavy atom. The number of aromatic nitrogens is 1. The highest BCUT2D eigenvalue weighted by Crippen LogP contribution is 2.34. The summed E-state index contributed by atoms with van der Waals surface area (Å²) in [6.07, 6.45) is 1.48. The van der Waals surface area contributed by atoms with E-state index in [0.717, 1.165) is 0 Å². The number of non-ortho nitro benzene ring substituents is 1. The first-order valence-electron chi connectivity index (χ1n) is 5.32. The van der Waals surface area contributed by atoms with E-state index in [0.29, 0.717) is 17.3 Å². The maximum absolute atomic E-state index is 10.7. The molecule has 2 N–H and O–H groups in total. The molecule has 0 aliphatic heterocycles. The standard InChI is InChI=1S/C12H11N3O4/c1-18-10-3-2-8(15(16)17)6-11(10)19-9-4-5-14-12(13)7-9/h2-7H,1H3,(H2,13,14). The molecule has 0 atom stereocenters. The van der Waals surface area contributed by atoms with Crippen LogP contribution in [0.4, 0.5) is 11.5 Å². The van der Waals surface area contributed by atoms with E-state index < -0.39 is 4.92 Å². The second kappa shape index (κ2) is 5.21. The average Bonchev–Trinajstić information content (AvgIpc) is 2.38. The summed E-state index contributed by atoms with van der Waals surface area (Å²) in [5.74, 6) is 1.34. The predicted molar refractivity (Wildman–Crippen MR) is 68.4 cm³/mol. The highest BCUT2D eigenvalue weighted by Gasteiger charge is 2.13. The number of rotatable bonds is 4. The molecule has 1 heterocycles. The van der Waals surface area contributed by atoms with Gasteiger partial charge in [0.2, 0.25) is 0 Å². The molecular weight excluding hydrogens is 250 g/mol. The summed E-state index contributed by atoms with van der Waals surface area (Å²) in [6, 6.07) is 7.20. The summed E-state index contributed by atoms with van der Waals surface area (Å²) in [6.45, 7) is 0. The number of anilines is 1. The van der Waals surface area contributed by atoms with Gasteiger partial charge in [0, 0.05) is 18.3 Å². The molecule has 0 saturated carbocycles. The predicted octanol–water partition coefficient (Wildman–Crippen LogP) is 2.37. The van der Waals surface area contributed by atoms with Gasteiger partial charge in [-0.1, -0.05) is 0 Å². The number of ether oxygens (including phenoxy) is 2. The molecule has 7 nitrogen and oxygen atoms in total. The Bertz CT molecular complexity index is 616. The summed E-state index contributed by atoms with van der Waals surface area (Å²) in [5, 5.41) is 10.7. The molecule has 2 rings (SSSR count). The maximum Gasteiger partial charge on any atom is 0.273 e. The molecule has 0 saturated heterocycles. The zero-order chi connectivity index (χ0) is 13.8. The second-order valence-corrected chi connectivity index (χ2v) is 3.61. The van der Waals surface area contributed by atoms with Crippen molar-refractivity contribution in [3.63, 3.8) is 0 Å². The van der Waals surface area contributed by atoms with E-state index in [-0.39, 0.29) is 11.4 Å². The van der Waals surface area contributed by atoms with E-state index in [2.05, 4.69) is 4.98 Å². The normalized spacial score (nSPS) is 9.95. The van der Waals surface area contributed by atoms with Crippen LogP contribution in [0, 0.1) is 10.1 Å². The number of nitro groups is 1. The lowest BCUT2D eigenvalue weighted by molar-refractivity contribution is -0.384. The highest BCUT2D eigenvalue weighted by molar-refractivity contribution is 5.50. The summed E-state index contributed by atoms with van der Waals surface area (Å²) in [5.41, 5.74) is 5.45. The molecule has 1 aromatic carbocycles. The van der Waals surface area contributed by atoms with E-state index in [1.54, 1.807) is 6.07 Å². The number of nitro benzene ring substituents is 1. The second-order valence-electron chi connectivity index (χ2n) is 3.61. The van der Waals surface area contributed by atoms with Crippen LogP contribution >= 0.6 is 0 Å². The number of nitrogens with zero attached hydrogens (tertiary/aromatic N) is 2. The molecule has 1 aromatic heterocycles. The van der Waals surface area contributed by atoms with Crippen LogP contribution in [0.1, 0.15) is 0 Å². The quantitative estimate of drug-likeness (QED) is 0.669. The number of nitrogen functional groups attached to an aromatic ring is 1. The first-order valence-corrected chi connectivity index (χ1v) is 5.32. The van der Waals surface area contributed by atoms with Crippen molar-refractivity contribution in [2.75, 3.05) is 12.8 Å². The summed E-state index contributed by atoms with van der Waals surface area (Å²) in [7, 11) is 1.45. The van der Waals surface area contributed by atoms with E-state index in [9.17, 15) is 10.1 Å². The van der Waals surface area contributed by atoms with Gasteiger partial charge in [0.05, 0.1) is 18.1 Å². The summed E-state index contributed by atoms with van der Waals surface area (Å²) in [4.78, 5) is 14.1. The van der Waals surface area contributed by atoms with Crippen molar-refractivity contribution in [3.8, 4) is 17.2 Å². The molecule has 7 heteroatoms. The van der Waals surface area contributed by atoms with Crippen molar-refractivity contribution in [2.45, 2.75) is 0 Å². The van der Waals surface area contributed by atoms with Crippen LogP contribution < -0.4 is 15.2 Å². The van der Waals surface area contributed by atoms with Gasteiger partial charge in [-0.15, -0.1) is 0 Å². The molecule has 0 unspecified atom stereocenters.